The molecule has 0 fully saturated rings. The average Bonchev–Trinajstić information content (AvgIpc) is 0. The first-order valence-corrected chi connectivity index (χ1v) is 0. The third kappa shape index (κ3) is 20.4. The molecule has 0 aromatic carbocycles. The Kier molecular flexibility index (Phi) is 290. The van der Waals surface area contributed by atoms with Gasteiger partial charge in [0.25, 0.3) is 0 Å². The maximum atomic E-state index is 0. The maximum absolute atomic E-state index is 0. The SMILES string of the molecule is [AlH3].[Cu].[H-].[H-].[Mg+2].[SiH4].[Zn]. The summed E-state index contributed by atoms with van der Waals surface area (Å²) in [4.78, 5) is 0. The summed E-state index contributed by atoms with van der Waals surface area (Å²) in [6.45, 7) is 0. The van der Waals surface area contributed by atoms with Crippen LogP contribution in [0.25, 0.3) is 0 Å². The van der Waals surface area contributed by atoms with Gasteiger partial charge < -0.3 is 2.85 Å². The van der Waals surface area contributed by atoms with Crippen LogP contribution < -0.4 is 0 Å². The van der Waals surface area contributed by atoms with Gasteiger partial charge >= 0.3 is 23.1 Å². The second kappa shape index (κ2) is 30.2. The van der Waals surface area contributed by atoms with E-state index in [1.807, 2.05) is 0 Å². The van der Waals surface area contributed by atoms with Crippen molar-refractivity contribution in [1.29, 1.82) is 0 Å². The molecule has 0 aliphatic rings. The van der Waals surface area contributed by atoms with Crippen LogP contribution in [0.5, 0.6) is 0 Å². The van der Waals surface area contributed by atoms with E-state index in [0.29, 0.717) is 0 Å². The van der Waals surface area contributed by atoms with E-state index >= 15 is 0 Å². The van der Waals surface area contributed by atoms with Gasteiger partial charge in [0.2, 0.25) is 0 Å². The molecule has 0 saturated carbocycles. The zero-order chi connectivity index (χ0) is 0. The standard InChI is InChI=1S/Al.Cu.Mg.H4Si.Zn.5H/h;;;1H4;;;;;;/q;;+2;;;;;;2*-1. The van der Waals surface area contributed by atoms with E-state index in [-0.39, 0.29) is 90.8 Å². The largest absolute Gasteiger partial charge is 2.00 e. The van der Waals surface area contributed by atoms with Crippen molar-refractivity contribution >= 4 is 51.4 Å². The normalized spacial score (nSPS) is 0. The Bertz CT molecular complexity index is 17.7. The average molecular weight is 217 g/mol. The summed E-state index contributed by atoms with van der Waals surface area (Å²) in [6, 6.07) is 0. The summed E-state index contributed by atoms with van der Waals surface area (Å²) in [5.41, 5.74) is 0. The van der Waals surface area contributed by atoms with Crippen LogP contribution in [0.3, 0.4) is 0 Å². The van der Waals surface area contributed by atoms with Crippen LogP contribution in [0, 0.1) is 0 Å². The molecule has 0 unspecified atom stereocenters. The van der Waals surface area contributed by atoms with Gasteiger partial charge in [-0.15, -0.1) is 0 Å². The van der Waals surface area contributed by atoms with Gasteiger partial charge in [-0.05, 0) is 11.0 Å². The molecule has 0 heterocycles. The first-order chi connectivity index (χ1) is 0. The van der Waals surface area contributed by atoms with Crippen molar-refractivity contribution in [3.8, 4) is 0 Å². The number of hydrogen-bond acceptors (Lipinski definition) is 0. The molecule has 0 bridgehead atoms. The molecular formula is H9AlCuMgSiZn. The molecule has 0 spiro atoms. The van der Waals surface area contributed by atoms with Crippen LogP contribution in [0.4, 0.5) is 0 Å². The smallest absolute Gasteiger partial charge is 1.00 e. The van der Waals surface area contributed by atoms with E-state index in [1.54, 1.807) is 0 Å². The van der Waals surface area contributed by atoms with Gasteiger partial charge in [0, 0.05) is 36.5 Å². The van der Waals surface area contributed by atoms with E-state index in [0.717, 1.165) is 0 Å². The molecule has 0 aliphatic heterocycles. The molecule has 5 heteroatoms. The summed E-state index contributed by atoms with van der Waals surface area (Å²) in [5, 5.41) is 0. The summed E-state index contributed by atoms with van der Waals surface area (Å²) in [7, 11) is 0. The quantitative estimate of drug-likeness (QED) is 0.385. The Morgan fingerprint density at radius 3 is 1.20 bits per heavy atom. The van der Waals surface area contributed by atoms with E-state index in [9.17, 15) is 0 Å². The third-order valence-corrected chi connectivity index (χ3v) is 0. The molecular weight excluding hydrogens is 208 g/mol. The fourth-order valence-corrected chi connectivity index (χ4v) is 0. The number of hydrogen-bond donors (Lipinski definition) is 0. The summed E-state index contributed by atoms with van der Waals surface area (Å²) < 4.78 is 0. The van der Waals surface area contributed by atoms with Gasteiger partial charge in [0.05, 0.1) is 0 Å². The fourth-order valence-electron chi connectivity index (χ4n) is 0. The van der Waals surface area contributed by atoms with Crippen LogP contribution in [0.2, 0.25) is 0 Å². The molecule has 0 nitrogen and oxygen atoms in total. The maximum Gasteiger partial charge on any atom is 2.00 e. The molecule has 5 heavy (non-hydrogen) atoms. The van der Waals surface area contributed by atoms with Gasteiger partial charge in [0.1, 0.15) is 0 Å². The molecule has 0 rings (SSSR count). The van der Waals surface area contributed by atoms with Crippen LogP contribution >= 0.6 is 0 Å². The van der Waals surface area contributed by atoms with Crippen molar-refractivity contribution < 1.29 is 39.4 Å². The van der Waals surface area contributed by atoms with E-state index in [1.165, 1.54) is 0 Å². The van der Waals surface area contributed by atoms with Crippen molar-refractivity contribution in [3.05, 3.63) is 0 Å². The Morgan fingerprint density at radius 2 is 1.20 bits per heavy atom. The molecule has 1 radical (unpaired) electrons. The third-order valence-electron chi connectivity index (χ3n) is 0. The first kappa shape index (κ1) is 48.0. The van der Waals surface area contributed by atoms with Crippen molar-refractivity contribution in [2.75, 3.05) is 0 Å². The van der Waals surface area contributed by atoms with Crippen LogP contribution in [0.15, 0.2) is 0 Å². The Balaban J connectivity index is 0. The monoisotopic (exact) mass is 215 g/mol. The van der Waals surface area contributed by atoms with Gasteiger partial charge in [-0.2, -0.15) is 0 Å². The fraction of sp³-hybridized carbons (Fsp3) is 0. The second-order valence-corrected chi connectivity index (χ2v) is 0. The molecule has 0 saturated heterocycles. The van der Waals surface area contributed by atoms with Crippen molar-refractivity contribution in [2.24, 2.45) is 0 Å². The topological polar surface area (TPSA) is 0 Å². The van der Waals surface area contributed by atoms with Gasteiger partial charge in [0.15, 0.2) is 17.4 Å². The molecule has 0 atom stereocenters. The Morgan fingerprint density at radius 1 is 1.20 bits per heavy atom. The summed E-state index contributed by atoms with van der Waals surface area (Å²) >= 11 is 0. The second-order valence-electron chi connectivity index (χ2n) is 0. The summed E-state index contributed by atoms with van der Waals surface area (Å²) in [5.74, 6) is 0. The van der Waals surface area contributed by atoms with E-state index < -0.39 is 0 Å². The van der Waals surface area contributed by atoms with Crippen LogP contribution in [-0.4, -0.2) is 51.4 Å². The zero-order valence-electron chi connectivity index (χ0n) is 3.72. The minimum absolute atomic E-state index is 0. The van der Waals surface area contributed by atoms with Crippen molar-refractivity contribution in [1.82, 2.24) is 0 Å². The van der Waals surface area contributed by atoms with Gasteiger partial charge in [-0.3, -0.25) is 0 Å². The Hall–Kier alpha value is 2.66. The predicted octanol–water partition coefficient (Wildman–Crippen LogP) is -2.80. The van der Waals surface area contributed by atoms with E-state index in [4.69, 9.17) is 0 Å². The summed E-state index contributed by atoms with van der Waals surface area (Å²) in [6.07, 6.45) is 0. The van der Waals surface area contributed by atoms with Crippen LogP contribution in [0.1, 0.15) is 2.85 Å². The minimum Gasteiger partial charge on any atom is -1.00 e. The van der Waals surface area contributed by atoms with Crippen molar-refractivity contribution in [3.63, 3.8) is 0 Å². The molecule has 0 aromatic heterocycles. The predicted molar refractivity (Wildman–Crippen MR) is 29.3 cm³/mol. The number of rotatable bonds is 0. The molecule has 0 aromatic rings. The van der Waals surface area contributed by atoms with Gasteiger partial charge in [-0.1, -0.05) is 0 Å². The first-order valence-electron chi connectivity index (χ1n) is 0. The van der Waals surface area contributed by atoms with E-state index in [2.05, 4.69) is 0 Å². The minimum atomic E-state index is 0. The van der Waals surface area contributed by atoms with Crippen molar-refractivity contribution in [2.45, 2.75) is 0 Å². The Labute approximate surface area is 89.7 Å². The molecule has 31 valence electrons. The van der Waals surface area contributed by atoms with Gasteiger partial charge in [-0.25, -0.2) is 0 Å². The van der Waals surface area contributed by atoms with Crippen LogP contribution in [-0.2, 0) is 36.5 Å². The molecule has 0 N–H and O–H groups in total. The molecule has 0 aliphatic carbocycles. The zero-order valence-corrected chi connectivity index (χ0v) is 7.04. The molecule has 0 amide bonds.